The second-order valence-corrected chi connectivity index (χ2v) is 3.33. The minimum absolute atomic E-state index is 0.199. The number of methoxy groups -OCH3 is 1. The summed E-state index contributed by atoms with van der Waals surface area (Å²) in [7, 11) is 1.48. The molecule has 5 heteroatoms. The Hall–Kier alpha value is -2.43. The van der Waals surface area contributed by atoms with Gasteiger partial charge in [0.1, 0.15) is 17.5 Å². The van der Waals surface area contributed by atoms with E-state index in [1.165, 1.54) is 13.3 Å². The smallest absolute Gasteiger partial charge is 0.375 e. The average molecular weight is 230 g/mol. The van der Waals surface area contributed by atoms with E-state index >= 15 is 0 Å². The largest absolute Gasteiger partial charge is 0.496 e. The van der Waals surface area contributed by atoms with E-state index in [0.29, 0.717) is 16.9 Å². The van der Waals surface area contributed by atoms with Crippen LogP contribution in [-0.2, 0) is 0 Å². The molecule has 2 rings (SSSR count). The maximum absolute atomic E-state index is 11.0. The molecular formula is C12H10N2O3. The van der Waals surface area contributed by atoms with Crippen molar-refractivity contribution >= 4 is 5.82 Å². The van der Waals surface area contributed by atoms with Crippen molar-refractivity contribution in [1.29, 1.82) is 0 Å². The number of pyridine rings is 1. The lowest BCUT2D eigenvalue weighted by Gasteiger charge is -2.07. The molecule has 5 nitrogen and oxygen atoms in total. The van der Waals surface area contributed by atoms with Crippen molar-refractivity contribution in [3.63, 3.8) is 0 Å². The van der Waals surface area contributed by atoms with Gasteiger partial charge >= 0.3 is 5.82 Å². The first kappa shape index (κ1) is 11.1. The molecule has 0 atom stereocenters. The van der Waals surface area contributed by atoms with Crippen molar-refractivity contribution < 1.29 is 9.66 Å². The Morgan fingerprint density at radius 2 is 1.94 bits per heavy atom. The normalized spacial score (nSPS) is 9.94. The van der Waals surface area contributed by atoms with Crippen LogP contribution in [0, 0.1) is 10.1 Å². The highest BCUT2D eigenvalue weighted by atomic mass is 16.6. The average Bonchev–Trinajstić information content (AvgIpc) is 2.38. The van der Waals surface area contributed by atoms with Crippen molar-refractivity contribution in [2.45, 2.75) is 0 Å². The van der Waals surface area contributed by atoms with E-state index in [2.05, 4.69) is 4.98 Å². The van der Waals surface area contributed by atoms with Crippen LogP contribution in [0.25, 0.3) is 11.1 Å². The Morgan fingerprint density at radius 3 is 2.53 bits per heavy atom. The van der Waals surface area contributed by atoms with Crippen molar-refractivity contribution in [3.05, 3.63) is 52.7 Å². The second-order valence-electron chi connectivity index (χ2n) is 3.33. The predicted octanol–water partition coefficient (Wildman–Crippen LogP) is 2.67. The highest BCUT2D eigenvalue weighted by molar-refractivity contribution is 5.77. The van der Waals surface area contributed by atoms with Crippen LogP contribution in [-0.4, -0.2) is 17.0 Å². The Bertz CT molecular complexity index is 541. The third kappa shape index (κ3) is 2.08. The molecule has 1 aromatic carbocycles. The molecule has 17 heavy (non-hydrogen) atoms. The number of hydrogen-bond donors (Lipinski definition) is 0. The van der Waals surface area contributed by atoms with Crippen LogP contribution < -0.4 is 4.74 Å². The number of nitro groups is 1. The molecule has 0 fully saturated rings. The lowest BCUT2D eigenvalue weighted by Crippen LogP contribution is -1.98. The third-order valence-electron chi connectivity index (χ3n) is 2.35. The second kappa shape index (κ2) is 4.61. The fraction of sp³-hybridized carbons (Fsp3) is 0.0833. The fourth-order valence-electron chi connectivity index (χ4n) is 1.62. The molecule has 0 amide bonds. The van der Waals surface area contributed by atoms with Crippen LogP contribution in [0.5, 0.6) is 5.75 Å². The van der Waals surface area contributed by atoms with Crippen molar-refractivity contribution in [2.24, 2.45) is 0 Å². The molecule has 2 aromatic rings. The first-order chi connectivity index (χ1) is 8.24. The zero-order valence-electron chi connectivity index (χ0n) is 9.16. The Labute approximate surface area is 97.8 Å². The molecule has 0 aliphatic rings. The van der Waals surface area contributed by atoms with Gasteiger partial charge in [-0.15, -0.1) is 0 Å². The Kier molecular flexibility index (Phi) is 3.00. The molecule has 0 unspecified atom stereocenters. The topological polar surface area (TPSA) is 65.3 Å². The number of hydrogen-bond acceptors (Lipinski definition) is 4. The Balaban J connectivity index is 2.69. The van der Waals surface area contributed by atoms with Crippen LogP contribution in [0.1, 0.15) is 0 Å². The van der Waals surface area contributed by atoms with E-state index in [1.807, 2.05) is 18.2 Å². The summed E-state index contributed by atoms with van der Waals surface area (Å²) in [5.41, 5.74) is 1.12. The van der Waals surface area contributed by atoms with Gasteiger partial charge in [-0.3, -0.25) is 0 Å². The summed E-state index contributed by atoms with van der Waals surface area (Å²) in [6, 6.07) is 10.6. The molecule has 0 spiro atoms. The van der Waals surface area contributed by atoms with Crippen LogP contribution in [0.15, 0.2) is 42.6 Å². The monoisotopic (exact) mass is 230 g/mol. The van der Waals surface area contributed by atoms with Gasteiger partial charge in [-0.1, -0.05) is 30.3 Å². The lowest BCUT2D eigenvalue weighted by molar-refractivity contribution is -0.388. The number of aromatic nitrogens is 1. The maximum atomic E-state index is 11.0. The van der Waals surface area contributed by atoms with Gasteiger partial charge in [0, 0.05) is 6.07 Å². The molecule has 1 aromatic heterocycles. The van der Waals surface area contributed by atoms with E-state index in [1.54, 1.807) is 18.2 Å². The van der Waals surface area contributed by atoms with Gasteiger partial charge < -0.3 is 14.9 Å². The zero-order chi connectivity index (χ0) is 12.3. The Morgan fingerprint density at radius 1 is 1.24 bits per heavy atom. The van der Waals surface area contributed by atoms with E-state index in [4.69, 9.17) is 4.74 Å². The number of ether oxygens (including phenoxy) is 1. The molecule has 0 aliphatic carbocycles. The fourth-order valence-corrected chi connectivity index (χ4v) is 1.62. The summed E-state index contributed by atoms with van der Waals surface area (Å²) < 4.78 is 5.15. The first-order valence-electron chi connectivity index (χ1n) is 4.97. The lowest BCUT2D eigenvalue weighted by atomic mass is 10.1. The van der Waals surface area contributed by atoms with Crippen LogP contribution in [0.4, 0.5) is 5.82 Å². The van der Waals surface area contributed by atoms with Crippen LogP contribution in [0.3, 0.4) is 0 Å². The molecule has 0 radical (unpaired) electrons. The number of benzene rings is 1. The molecule has 0 saturated carbocycles. The molecule has 0 saturated heterocycles. The quantitative estimate of drug-likeness (QED) is 0.600. The molecule has 0 aliphatic heterocycles. The maximum Gasteiger partial charge on any atom is 0.375 e. The summed E-state index contributed by atoms with van der Waals surface area (Å²) in [5, 5.41) is 11.0. The summed E-state index contributed by atoms with van der Waals surface area (Å²) in [6.45, 7) is 0. The van der Waals surface area contributed by atoms with Gasteiger partial charge in [0.05, 0.1) is 7.11 Å². The van der Waals surface area contributed by atoms with E-state index in [9.17, 15) is 10.1 Å². The van der Waals surface area contributed by atoms with Gasteiger partial charge in [-0.05, 0) is 15.5 Å². The van der Waals surface area contributed by atoms with E-state index < -0.39 is 4.92 Å². The zero-order valence-corrected chi connectivity index (χ0v) is 9.16. The summed E-state index contributed by atoms with van der Waals surface area (Å²) in [6.07, 6.45) is 1.36. The molecule has 0 bridgehead atoms. The predicted molar refractivity (Wildman–Crippen MR) is 62.9 cm³/mol. The summed E-state index contributed by atoms with van der Waals surface area (Å²) >= 11 is 0. The molecule has 1 heterocycles. The van der Waals surface area contributed by atoms with Crippen LogP contribution in [0.2, 0.25) is 0 Å². The minimum atomic E-state index is -0.509. The third-order valence-corrected chi connectivity index (χ3v) is 2.35. The molecule has 86 valence electrons. The number of rotatable bonds is 3. The van der Waals surface area contributed by atoms with Crippen molar-refractivity contribution in [3.8, 4) is 16.9 Å². The molecular weight excluding hydrogens is 220 g/mol. The van der Waals surface area contributed by atoms with Gasteiger partial charge in [0.2, 0.25) is 0 Å². The van der Waals surface area contributed by atoms with Crippen LogP contribution >= 0.6 is 0 Å². The first-order valence-corrected chi connectivity index (χ1v) is 4.97. The summed E-state index contributed by atoms with van der Waals surface area (Å²) in [4.78, 5) is 14.2. The van der Waals surface area contributed by atoms with Gasteiger partial charge in [-0.2, -0.15) is 0 Å². The van der Waals surface area contributed by atoms with Crippen molar-refractivity contribution in [1.82, 2.24) is 4.98 Å². The SMILES string of the molecule is COc1ccnc([N+](=O)[O-])c1-c1ccccc1. The summed E-state index contributed by atoms with van der Waals surface area (Å²) in [5.74, 6) is 0.244. The van der Waals surface area contributed by atoms with Crippen molar-refractivity contribution in [2.75, 3.05) is 7.11 Å². The van der Waals surface area contributed by atoms with Gasteiger partial charge in [0.25, 0.3) is 0 Å². The number of nitrogens with zero attached hydrogens (tertiary/aromatic N) is 2. The van der Waals surface area contributed by atoms with E-state index in [0.717, 1.165) is 0 Å². The van der Waals surface area contributed by atoms with E-state index in [-0.39, 0.29) is 5.82 Å². The highest BCUT2D eigenvalue weighted by Crippen LogP contribution is 2.35. The standard InChI is InChI=1S/C12H10N2O3/c1-17-10-7-8-13-12(14(15)16)11(10)9-5-3-2-4-6-9/h2-8H,1H3. The van der Waals surface area contributed by atoms with Gasteiger partial charge in [0.15, 0.2) is 0 Å². The minimum Gasteiger partial charge on any atom is -0.496 e. The van der Waals surface area contributed by atoms with Gasteiger partial charge in [-0.25, -0.2) is 0 Å². The highest BCUT2D eigenvalue weighted by Gasteiger charge is 2.21. The molecule has 0 N–H and O–H groups in total.